The fourth-order valence-corrected chi connectivity index (χ4v) is 3.00. The molecule has 3 rings (SSSR count). The van der Waals surface area contributed by atoms with Crippen molar-refractivity contribution in [2.75, 3.05) is 36.0 Å². The number of para-hydroxylation sites is 2. The average molecular weight is 281 g/mol. The van der Waals surface area contributed by atoms with E-state index in [4.69, 9.17) is 5.73 Å². The van der Waals surface area contributed by atoms with Gasteiger partial charge >= 0.3 is 0 Å². The molecule has 1 aliphatic heterocycles. The lowest BCUT2D eigenvalue weighted by molar-refractivity contribution is 0.648. The molecule has 3 nitrogen and oxygen atoms in total. The molecule has 1 saturated heterocycles. The van der Waals surface area contributed by atoms with Crippen molar-refractivity contribution >= 4 is 11.4 Å². The first kappa shape index (κ1) is 14.0. The van der Waals surface area contributed by atoms with Crippen LogP contribution >= 0.6 is 0 Å². The van der Waals surface area contributed by atoms with Gasteiger partial charge in [-0.3, -0.25) is 0 Å². The standard InChI is InChI=1S/C18H23N3/c1-15(19)17-9-5-6-10-18(17)21-13-11-20(12-14-21)16-7-3-2-4-8-16/h2-10,15H,11-14,19H2,1H3/t15-/m0/s1. The van der Waals surface area contributed by atoms with E-state index in [1.807, 2.05) is 0 Å². The molecule has 0 bridgehead atoms. The van der Waals surface area contributed by atoms with Crippen molar-refractivity contribution in [3.05, 3.63) is 60.2 Å². The molecule has 1 fully saturated rings. The van der Waals surface area contributed by atoms with Gasteiger partial charge in [-0.15, -0.1) is 0 Å². The summed E-state index contributed by atoms with van der Waals surface area (Å²) in [7, 11) is 0. The number of nitrogens with two attached hydrogens (primary N) is 1. The third kappa shape index (κ3) is 3.03. The highest BCUT2D eigenvalue weighted by molar-refractivity contribution is 5.57. The van der Waals surface area contributed by atoms with E-state index in [-0.39, 0.29) is 6.04 Å². The van der Waals surface area contributed by atoms with Gasteiger partial charge in [0.25, 0.3) is 0 Å². The average Bonchev–Trinajstić information content (AvgIpc) is 2.56. The summed E-state index contributed by atoms with van der Waals surface area (Å²) in [5, 5.41) is 0. The fourth-order valence-electron chi connectivity index (χ4n) is 3.00. The first-order valence-corrected chi connectivity index (χ1v) is 7.65. The highest BCUT2D eigenvalue weighted by Gasteiger charge is 2.19. The molecule has 0 radical (unpaired) electrons. The molecule has 0 saturated carbocycles. The SMILES string of the molecule is C[C@H](N)c1ccccc1N1CCN(c2ccccc2)CC1. The van der Waals surface area contributed by atoms with Gasteiger partial charge in [-0.2, -0.15) is 0 Å². The van der Waals surface area contributed by atoms with Crippen LogP contribution < -0.4 is 15.5 Å². The van der Waals surface area contributed by atoms with Crippen LogP contribution in [0.25, 0.3) is 0 Å². The summed E-state index contributed by atoms with van der Waals surface area (Å²) in [6, 6.07) is 19.2. The number of nitrogens with zero attached hydrogens (tertiary/aromatic N) is 2. The summed E-state index contributed by atoms with van der Waals surface area (Å²) in [5.41, 5.74) is 9.95. The van der Waals surface area contributed by atoms with E-state index in [0.29, 0.717) is 0 Å². The second-order valence-electron chi connectivity index (χ2n) is 5.66. The van der Waals surface area contributed by atoms with Crippen LogP contribution in [0.3, 0.4) is 0 Å². The van der Waals surface area contributed by atoms with Crippen molar-refractivity contribution in [3.8, 4) is 0 Å². The molecule has 2 aromatic carbocycles. The van der Waals surface area contributed by atoms with Crippen LogP contribution in [0.5, 0.6) is 0 Å². The molecule has 0 unspecified atom stereocenters. The van der Waals surface area contributed by atoms with Crippen molar-refractivity contribution in [2.45, 2.75) is 13.0 Å². The molecule has 0 spiro atoms. The van der Waals surface area contributed by atoms with Crippen LogP contribution in [0.1, 0.15) is 18.5 Å². The van der Waals surface area contributed by atoms with Gasteiger partial charge in [-0.1, -0.05) is 36.4 Å². The van der Waals surface area contributed by atoms with E-state index in [2.05, 4.69) is 71.3 Å². The number of hydrogen-bond acceptors (Lipinski definition) is 3. The zero-order valence-corrected chi connectivity index (χ0v) is 12.6. The van der Waals surface area contributed by atoms with Crippen molar-refractivity contribution in [2.24, 2.45) is 5.73 Å². The third-order valence-electron chi connectivity index (χ3n) is 4.17. The van der Waals surface area contributed by atoms with Gasteiger partial charge in [0.1, 0.15) is 0 Å². The van der Waals surface area contributed by atoms with Crippen LogP contribution in [-0.4, -0.2) is 26.2 Å². The summed E-state index contributed by atoms with van der Waals surface area (Å²) in [6.07, 6.45) is 0. The first-order chi connectivity index (χ1) is 10.3. The Labute approximate surface area is 127 Å². The summed E-state index contributed by atoms with van der Waals surface area (Å²) in [5.74, 6) is 0. The summed E-state index contributed by atoms with van der Waals surface area (Å²) < 4.78 is 0. The van der Waals surface area contributed by atoms with E-state index in [9.17, 15) is 0 Å². The van der Waals surface area contributed by atoms with Crippen LogP contribution in [0.15, 0.2) is 54.6 Å². The maximum atomic E-state index is 6.10. The predicted octanol–water partition coefficient (Wildman–Crippen LogP) is 3.03. The maximum absolute atomic E-state index is 6.10. The van der Waals surface area contributed by atoms with Gasteiger partial charge in [-0.25, -0.2) is 0 Å². The Morgan fingerprint density at radius 1 is 0.810 bits per heavy atom. The van der Waals surface area contributed by atoms with E-state index < -0.39 is 0 Å². The van der Waals surface area contributed by atoms with E-state index >= 15 is 0 Å². The monoisotopic (exact) mass is 281 g/mol. The smallest absolute Gasteiger partial charge is 0.0415 e. The lowest BCUT2D eigenvalue weighted by Gasteiger charge is -2.38. The Morgan fingerprint density at radius 3 is 2.05 bits per heavy atom. The van der Waals surface area contributed by atoms with E-state index in [1.165, 1.54) is 16.9 Å². The van der Waals surface area contributed by atoms with Gasteiger partial charge in [-0.05, 0) is 30.7 Å². The second-order valence-corrected chi connectivity index (χ2v) is 5.66. The van der Waals surface area contributed by atoms with Crippen molar-refractivity contribution < 1.29 is 0 Å². The van der Waals surface area contributed by atoms with Gasteiger partial charge in [0.2, 0.25) is 0 Å². The van der Waals surface area contributed by atoms with Gasteiger partial charge in [0, 0.05) is 43.6 Å². The molecule has 3 heteroatoms. The predicted molar refractivity (Wildman–Crippen MR) is 89.9 cm³/mol. The van der Waals surface area contributed by atoms with Crippen LogP contribution in [-0.2, 0) is 0 Å². The second kappa shape index (κ2) is 6.19. The molecule has 1 heterocycles. The number of piperazine rings is 1. The molecule has 0 amide bonds. The first-order valence-electron chi connectivity index (χ1n) is 7.65. The molecule has 0 aromatic heterocycles. The normalized spacial score (nSPS) is 16.9. The molecule has 1 aliphatic rings. The van der Waals surface area contributed by atoms with Gasteiger partial charge in [0.15, 0.2) is 0 Å². The van der Waals surface area contributed by atoms with Crippen LogP contribution in [0, 0.1) is 0 Å². The van der Waals surface area contributed by atoms with Crippen molar-refractivity contribution in [3.63, 3.8) is 0 Å². The highest BCUT2D eigenvalue weighted by atomic mass is 15.3. The van der Waals surface area contributed by atoms with Crippen LogP contribution in [0.2, 0.25) is 0 Å². The Balaban J connectivity index is 1.72. The Kier molecular flexibility index (Phi) is 4.11. The minimum atomic E-state index is 0.0772. The van der Waals surface area contributed by atoms with Crippen molar-refractivity contribution in [1.29, 1.82) is 0 Å². The molecular weight excluding hydrogens is 258 g/mol. The molecule has 2 aromatic rings. The lowest BCUT2D eigenvalue weighted by atomic mass is 10.1. The summed E-state index contributed by atoms with van der Waals surface area (Å²) >= 11 is 0. The van der Waals surface area contributed by atoms with Gasteiger partial charge in [0.05, 0.1) is 0 Å². The fraction of sp³-hybridized carbons (Fsp3) is 0.333. The summed E-state index contributed by atoms with van der Waals surface area (Å²) in [4.78, 5) is 4.91. The molecule has 21 heavy (non-hydrogen) atoms. The molecule has 2 N–H and O–H groups in total. The third-order valence-corrected chi connectivity index (χ3v) is 4.17. The topological polar surface area (TPSA) is 32.5 Å². The largest absolute Gasteiger partial charge is 0.368 e. The van der Waals surface area contributed by atoms with E-state index in [1.54, 1.807) is 0 Å². The molecule has 0 aliphatic carbocycles. The zero-order valence-electron chi connectivity index (χ0n) is 12.6. The number of benzene rings is 2. The molecular formula is C18H23N3. The minimum absolute atomic E-state index is 0.0772. The summed E-state index contributed by atoms with van der Waals surface area (Å²) in [6.45, 7) is 6.24. The van der Waals surface area contributed by atoms with Crippen LogP contribution in [0.4, 0.5) is 11.4 Å². The Hall–Kier alpha value is -2.00. The molecule has 110 valence electrons. The van der Waals surface area contributed by atoms with Gasteiger partial charge < -0.3 is 15.5 Å². The molecule has 1 atom stereocenters. The Morgan fingerprint density at radius 2 is 1.38 bits per heavy atom. The Bertz CT molecular complexity index is 572. The van der Waals surface area contributed by atoms with Crippen molar-refractivity contribution in [1.82, 2.24) is 0 Å². The number of anilines is 2. The maximum Gasteiger partial charge on any atom is 0.0415 e. The highest BCUT2D eigenvalue weighted by Crippen LogP contribution is 2.26. The number of rotatable bonds is 3. The van der Waals surface area contributed by atoms with E-state index in [0.717, 1.165) is 26.2 Å². The minimum Gasteiger partial charge on any atom is -0.368 e. The zero-order chi connectivity index (χ0) is 14.7. The number of hydrogen-bond donors (Lipinski definition) is 1. The lowest BCUT2D eigenvalue weighted by Crippen LogP contribution is -2.47. The quantitative estimate of drug-likeness (QED) is 0.938.